The molecule has 1 atom stereocenters. The van der Waals surface area contributed by atoms with Crippen LogP contribution in [0.25, 0.3) is 0 Å². The van der Waals surface area contributed by atoms with E-state index in [9.17, 15) is 8.42 Å². The number of rotatable bonds is 4. The van der Waals surface area contributed by atoms with Crippen LogP contribution in [0, 0.1) is 13.8 Å². The minimum Gasteiger partial charge on any atom is -0.309 e. The van der Waals surface area contributed by atoms with E-state index in [2.05, 4.69) is 20.3 Å². The normalized spacial score (nSPS) is 18.9. The van der Waals surface area contributed by atoms with E-state index in [1.165, 1.54) is 10.6 Å². The molecule has 0 saturated carbocycles. The van der Waals surface area contributed by atoms with Crippen LogP contribution in [0.4, 0.5) is 11.8 Å². The maximum atomic E-state index is 11.8. The number of hydrogen-bond donors (Lipinski definition) is 1. The molecular weight excluding hydrogens is 338 g/mol. The Morgan fingerprint density at radius 2 is 1.88 bits per heavy atom. The molecule has 7 nitrogen and oxygen atoms in total. The first-order valence-electron chi connectivity index (χ1n) is 8.32. The molecule has 0 unspecified atom stereocenters. The van der Waals surface area contributed by atoms with E-state index in [0.717, 1.165) is 29.9 Å². The van der Waals surface area contributed by atoms with Gasteiger partial charge >= 0.3 is 0 Å². The van der Waals surface area contributed by atoms with Gasteiger partial charge in [0.2, 0.25) is 16.0 Å². The predicted octanol–water partition coefficient (Wildman–Crippen LogP) is 2.37. The second kappa shape index (κ2) is 7.05. The first-order valence-corrected chi connectivity index (χ1v) is 10.2. The third kappa shape index (κ3) is 4.52. The van der Waals surface area contributed by atoms with Crippen molar-refractivity contribution in [3.63, 3.8) is 0 Å². The van der Waals surface area contributed by atoms with Crippen molar-refractivity contribution in [3.8, 4) is 0 Å². The van der Waals surface area contributed by atoms with E-state index in [-0.39, 0.29) is 5.92 Å². The quantitative estimate of drug-likeness (QED) is 0.899. The van der Waals surface area contributed by atoms with Gasteiger partial charge in [-0.15, -0.1) is 0 Å². The van der Waals surface area contributed by atoms with Crippen LogP contribution >= 0.6 is 0 Å². The lowest BCUT2D eigenvalue weighted by atomic mass is 9.96. The lowest BCUT2D eigenvalue weighted by Gasteiger charge is -2.30. The van der Waals surface area contributed by atoms with Crippen LogP contribution in [0.2, 0.25) is 0 Å². The van der Waals surface area contributed by atoms with Gasteiger partial charge in [0.25, 0.3) is 0 Å². The van der Waals surface area contributed by atoms with E-state index in [4.69, 9.17) is 0 Å². The second-order valence-corrected chi connectivity index (χ2v) is 8.49. The third-order valence-corrected chi connectivity index (χ3v) is 5.53. The van der Waals surface area contributed by atoms with Crippen LogP contribution in [-0.4, -0.2) is 47.0 Å². The summed E-state index contributed by atoms with van der Waals surface area (Å²) in [7, 11) is -3.17. The van der Waals surface area contributed by atoms with E-state index >= 15 is 0 Å². The summed E-state index contributed by atoms with van der Waals surface area (Å²) >= 11 is 0. The molecule has 1 N–H and O–H groups in total. The average molecular weight is 361 g/mol. The smallest absolute Gasteiger partial charge is 0.228 e. The Balaban J connectivity index is 1.79. The monoisotopic (exact) mass is 361 g/mol. The Labute approximate surface area is 148 Å². The molecule has 0 aromatic carbocycles. The highest BCUT2D eigenvalue weighted by molar-refractivity contribution is 7.88. The van der Waals surface area contributed by atoms with Crippen LogP contribution in [0.15, 0.2) is 24.3 Å². The summed E-state index contributed by atoms with van der Waals surface area (Å²) in [6.45, 7) is 4.91. The maximum absolute atomic E-state index is 11.8. The SMILES string of the molecule is Cc1cc(C)nc(Nc2cccc([C@H]3CCCN(S(C)(=O)=O)C3)n2)n1. The number of piperidine rings is 1. The van der Waals surface area contributed by atoms with Gasteiger partial charge in [0.15, 0.2) is 0 Å². The summed E-state index contributed by atoms with van der Waals surface area (Å²) < 4.78 is 25.2. The van der Waals surface area contributed by atoms with Gasteiger partial charge in [-0.1, -0.05) is 6.07 Å². The van der Waals surface area contributed by atoms with E-state index in [0.29, 0.717) is 24.9 Å². The summed E-state index contributed by atoms with van der Waals surface area (Å²) in [5.74, 6) is 1.29. The van der Waals surface area contributed by atoms with Gasteiger partial charge < -0.3 is 5.32 Å². The largest absolute Gasteiger partial charge is 0.309 e. The van der Waals surface area contributed by atoms with Crippen molar-refractivity contribution in [2.45, 2.75) is 32.6 Å². The molecule has 1 fully saturated rings. The summed E-state index contributed by atoms with van der Waals surface area (Å²) in [5.41, 5.74) is 2.67. The third-order valence-electron chi connectivity index (χ3n) is 4.26. The zero-order chi connectivity index (χ0) is 18.0. The highest BCUT2D eigenvalue weighted by Gasteiger charge is 2.27. The Hall–Kier alpha value is -2.06. The summed E-state index contributed by atoms with van der Waals surface area (Å²) in [6, 6.07) is 7.65. The number of anilines is 2. The van der Waals surface area contributed by atoms with Crippen molar-refractivity contribution < 1.29 is 8.42 Å². The topological polar surface area (TPSA) is 88.1 Å². The molecule has 0 radical (unpaired) electrons. The lowest BCUT2D eigenvalue weighted by molar-refractivity contribution is 0.314. The molecule has 134 valence electrons. The second-order valence-electron chi connectivity index (χ2n) is 6.51. The van der Waals surface area contributed by atoms with E-state index in [1.807, 2.05) is 38.1 Å². The number of aryl methyl sites for hydroxylation is 2. The van der Waals surface area contributed by atoms with Crippen LogP contribution in [-0.2, 0) is 10.0 Å². The first-order chi connectivity index (χ1) is 11.8. The van der Waals surface area contributed by atoms with Gasteiger partial charge in [-0.3, -0.25) is 0 Å². The molecule has 0 aliphatic carbocycles. The molecule has 2 aromatic heterocycles. The molecule has 1 aliphatic heterocycles. The average Bonchev–Trinajstić information content (AvgIpc) is 2.53. The minimum absolute atomic E-state index is 0.102. The highest BCUT2D eigenvalue weighted by atomic mass is 32.2. The zero-order valence-electron chi connectivity index (χ0n) is 14.7. The van der Waals surface area contributed by atoms with Gasteiger partial charge in [-0.05, 0) is 44.9 Å². The van der Waals surface area contributed by atoms with Gasteiger partial charge in [0.05, 0.1) is 6.26 Å². The Morgan fingerprint density at radius 1 is 1.16 bits per heavy atom. The molecular formula is C17H23N5O2S. The van der Waals surface area contributed by atoms with Gasteiger partial charge in [-0.25, -0.2) is 27.7 Å². The molecule has 3 heterocycles. The van der Waals surface area contributed by atoms with Crippen LogP contribution < -0.4 is 5.32 Å². The lowest BCUT2D eigenvalue weighted by Crippen LogP contribution is -2.38. The molecule has 0 spiro atoms. The van der Waals surface area contributed by atoms with Crippen LogP contribution in [0.5, 0.6) is 0 Å². The Kier molecular flexibility index (Phi) is 5.01. The van der Waals surface area contributed by atoms with Crippen molar-refractivity contribution >= 4 is 21.8 Å². The number of sulfonamides is 1. The number of nitrogens with zero attached hydrogens (tertiary/aromatic N) is 4. The van der Waals surface area contributed by atoms with Crippen molar-refractivity contribution in [2.75, 3.05) is 24.7 Å². The van der Waals surface area contributed by atoms with Crippen molar-refractivity contribution in [3.05, 3.63) is 41.3 Å². The maximum Gasteiger partial charge on any atom is 0.228 e. The number of pyridine rings is 1. The molecule has 8 heteroatoms. The summed E-state index contributed by atoms with van der Waals surface area (Å²) in [5, 5.41) is 3.14. The number of nitrogens with one attached hydrogen (secondary N) is 1. The van der Waals surface area contributed by atoms with Crippen molar-refractivity contribution in [1.29, 1.82) is 0 Å². The molecule has 0 amide bonds. The first kappa shape index (κ1) is 17.8. The van der Waals surface area contributed by atoms with Crippen molar-refractivity contribution in [2.24, 2.45) is 0 Å². The van der Waals surface area contributed by atoms with Crippen LogP contribution in [0.3, 0.4) is 0 Å². The Morgan fingerprint density at radius 3 is 2.56 bits per heavy atom. The molecule has 0 bridgehead atoms. The Bertz CT molecular complexity index is 849. The predicted molar refractivity (Wildman–Crippen MR) is 97.4 cm³/mol. The van der Waals surface area contributed by atoms with Crippen molar-refractivity contribution in [1.82, 2.24) is 19.3 Å². The molecule has 25 heavy (non-hydrogen) atoms. The molecule has 1 aliphatic rings. The fourth-order valence-electron chi connectivity index (χ4n) is 3.13. The zero-order valence-corrected chi connectivity index (χ0v) is 15.5. The van der Waals surface area contributed by atoms with Gasteiger partial charge in [0.1, 0.15) is 5.82 Å². The van der Waals surface area contributed by atoms with E-state index < -0.39 is 10.0 Å². The molecule has 1 saturated heterocycles. The molecule has 3 rings (SSSR count). The van der Waals surface area contributed by atoms with Crippen LogP contribution in [0.1, 0.15) is 35.8 Å². The number of hydrogen-bond acceptors (Lipinski definition) is 6. The van der Waals surface area contributed by atoms with Gasteiger partial charge in [0, 0.05) is 36.1 Å². The summed E-state index contributed by atoms with van der Waals surface area (Å²) in [6.07, 6.45) is 3.04. The highest BCUT2D eigenvalue weighted by Crippen LogP contribution is 2.27. The minimum atomic E-state index is -3.17. The molecule has 2 aromatic rings. The number of aromatic nitrogens is 3. The fraction of sp³-hybridized carbons (Fsp3) is 0.471. The standard InChI is InChI=1S/C17H23N5O2S/c1-12-10-13(2)19-17(18-12)21-16-8-4-7-15(20-16)14-6-5-9-22(11-14)25(3,23)24/h4,7-8,10,14H,5-6,9,11H2,1-3H3,(H,18,19,20,21)/t14-/m0/s1. The van der Waals surface area contributed by atoms with Gasteiger partial charge in [-0.2, -0.15) is 0 Å². The van der Waals surface area contributed by atoms with E-state index in [1.54, 1.807) is 0 Å². The fourth-order valence-corrected chi connectivity index (χ4v) is 4.04. The summed E-state index contributed by atoms with van der Waals surface area (Å²) in [4.78, 5) is 13.4.